The van der Waals surface area contributed by atoms with Gasteiger partial charge in [-0.2, -0.15) is 0 Å². The Balaban J connectivity index is 1.97. The van der Waals surface area contributed by atoms with Crippen molar-refractivity contribution in [3.05, 3.63) is 29.8 Å². The molecule has 0 unspecified atom stereocenters. The van der Waals surface area contributed by atoms with Crippen LogP contribution in [-0.4, -0.2) is 27.7 Å². The molecule has 2 rings (SSSR count). The van der Waals surface area contributed by atoms with Crippen LogP contribution in [0.2, 0.25) is 0 Å². The predicted octanol–water partition coefficient (Wildman–Crippen LogP) is 1.06. The van der Waals surface area contributed by atoms with E-state index in [4.69, 9.17) is 4.74 Å². The van der Waals surface area contributed by atoms with Gasteiger partial charge in [-0.3, -0.25) is 0 Å². The summed E-state index contributed by atoms with van der Waals surface area (Å²) in [4.78, 5) is 0.315. The molecular formula is C11H15NO3S. The topological polar surface area (TPSA) is 58.7 Å². The van der Waals surface area contributed by atoms with Gasteiger partial charge in [-0.15, -0.1) is 0 Å². The van der Waals surface area contributed by atoms with E-state index < -0.39 is 10.0 Å². The summed E-state index contributed by atoms with van der Waals surface area (Å²) >= 11 is 0. The Kier molecular flexibility index (Phi) is 3.28. The number of hydrogen-bond donors (Lipinski definition) is 1. The van der Waals surface area contributed by atoms with Crippen LogP contribution in [-0.2, 0) is 14.8 Å². The molecule has 0 amide bonds. The van der Waals surface area contributed by atoms with Crippen LogP contribution >= 0.6 is 0 Å². The molecule has 0 radical (unpaired) electrons. The summed E-state index contributed by atoms with van der Waals surface area (Å²) in [5.41, 5.74) is 1.05. The Morgan fingerprint density at radius 1 is 1.38 bits per heavy atom. The summed E-state index contributed by atoms with van der Waals surface area (Å²) in [6.07, 6.45) is 0.992. The van der Waals surface area contributed by atoms with Crippen molar-refractivity contribution in [2.24, 2.45) is 0 Å². The molecule has 5 heteroatoms. The molecule has 1 saturated heterocycles. The monoisotopic (exact) mass is 241 g/mol. The summed E-state index contributed by atoms with van der Waals surface area (Å²) in [6.45, 7) is 3.11. The molecule has 16 heavy (non-hydrogen) atoms. The normalized spacial score (nSPS) is 19.7. The molecule has 1 atom stereocenters. The number of ether oxygens (including phenoxy) is 1. The summed E-state index contributed by atoms with van der Waals surface area (Å²) in [7, 11) is -3.35. The number of rotatable bonds is 5. The average Bonchev–Trinajstić information content (AvgIpc) is 3.02. The lowest BCUT2D eigenvalue weighted by Crippen LogP contribution is -2.25. The van der Waals surface area contributed by atoms with Gasteiger partial charge in [-0.25, -0.2) is 13.1 Å². The largest absolute Gasteiger partial charge is 0.373 e. The van der Waals surface area contributed by atoms with Crippen molar-refractivity contribution in [2.75, 3.05) is 13.2 Å². The van der Waals surface area contributed by atoms with Crippen LogP contribution in [0.4, 0.5) is 0 Å². The number of hydrogen-bond acceptors (Lipinski definition) is 3. The second kappa shape index (κ2) is 4.53. The highest BCUT2D eigenvalue weighted by molar-refractivity contribution is 7.89. The maximum Gasteiger partial charge on any atom is 0.240 e. The summed E-state index contributed by atoms with van der Waals surface area (Å²) in [5, 5.41) is 0. The summed E-state index contributed by atoms with van der Waals surface area (Å²) in [6, 6.07) is 6.81. The first kappa shape index (κ1) is 11.6. The fourth-order valence-corrected chi connectivity index (χ4v) is 2.44. The minimum absolute atomic E-state index is 0.251. The fraction of sp³-hybridized carbons (Fsp3) is 0.455. The van der Waals surface area contributed by atoms with Gasteiger partial charge in [0, 0.05) is 6.54 Å². The van der Waals surface area contributed by atoms with Crippen LogP contribution < -0.4 is 4.72 Å². The number of epoxide rings is 1. The molecule has 0 aromatic heterocycles. The Morgan fingerprint density at radius 2 is 2.00 bits per heavy atom. The molecule has 4 nitrogen and oxygen atoms in total. The van der Waals surface area contributed by atoms with Gasteiger partial charge in [0.25, 0.3) is 0 Å². The minimum Gasteiger partial charge on any atom is -0.373 e. The lowest BCUT2D eigenvalue weighted by Gasteiger charge is -2.05. The number of nitrogens with one attached hydrogen (secondary N) is 1. The molecule has 1 aliphatic heterocycles. The number of aryl methyl sites for hydroxylation is 1. The quantitative estimate of drug-likeness (QED) is 0.784. The molecule has 1 aromatic rings. The van der Waals surface area contributed by atoms with Crippen LogP contribution in [0.5, 0.6) is 0 Å². The standard InChI is InChI=1S/C11H15NO3S/c1-9-2-4-11(5-3-9)16(13,14)12-7-6-10-8-15-10/h2-5,10,12H,6-8H2,1H3/t10-/m0/s1. The lowest BCUT2D eigenvalue weighted by atomic mass is 10.2. The maximum atomic E-state index is 11.8. The molecule has 0 bridgehead atoms. The zero-order valence-corrected chi connectivity index (χ0v) is 9.96. The van der Waals surface area contributed by atoms with Crippen LogP contribution in [0.25, 0.3) is 0 Å². The lowest BCUT2D eigenvalue weighted by molar-refractivity contribution is 0.396. The highest BCUT2D eigenvalue weighted by Crippen LogP contribution is 2.13. The van der Waals surface area contributed by atoms with Crippen molar-refractivity contribution in [2.45, 2.75) is 24.3 Å². The summed E-state index contributed by atoms with van der Waals surface area (Å²) < 4.78 is 31.2. The second-order valence-electron chi connectivity index (χ2n) is 3.95. The number of sulfonamides is 1. The van der Waals surface area contributed by atoms with E-state index in [0.29, 0.717) is 11.4 Å². The smallest absolute Gasteiger partial charge is 0.240 e. The van der Waals surface area contributed by atoms with Crippen molar-refractivity contribution in [3.63, 3.8) is 0 Å². The predicted molar refractivity (Wildman–Crippen MR) is 60.7 cm³/mol. The molecule has 1 N–H and O–H groups in total. The van der Waals surface area contributed by atoms with Gasteiger partial charge in [0.2, 0.25) is 10.0 Å². The molecule has 1 aliphatic rings. The van der Waals surface area contributed by atoms with Gasteiger partial charge in [0.1, 0.15) is 0 Å². The van der Waals surface area contributed by atoms with E-state index in [9.17, 15) is 8.42 Å². The van der Waals surface area contributed by atoms with E-state index in [0.717, 1.165) is 18.6 Å². The van der Waals surface area contributed by atoms with E-state index in [1.165, 1.54) is 0 Å². The van der Waals surface area contributed by atoms with E-state index >= 15 is 0 Å². The zero-order chi connectivity index (χ0) is 11.6. The Bertz CT molecular complexity index is 449. The Morgan fingerprint density at radius 3 is 2.56 bits per heavy atom. The Labute approximate surface area is 95.7 Å². The van der Waals surface area contributed by atoms with E-state index in [2.05, 4.69) is 4.72 Å². The third kappa shape index (κ3) is 3.04. The Hall–Kier alpha value is -0.910. The van der Waals surface area contributed by atoms with Gasteiger partial charge < -0.3 is 4.74 Å². The third-order valence-electron chi connectivity index (χ3n) is 2.49. The van der Waals surface area contributed by atoms with Crippen LogP contribution in [0, 0.1) is 6.92 Å². The van der Waals surface area contributed by atoms with Gasteiger partial charge in [0.05, 0.1) is 17.6 Å². The molecule has 1 fully saturated rings. The van der Waals surface area contributed by atoms with E-state index in [1.54, 1.807) is 24.3 Å². The molecule has 0 aliphatic carbocycles. The van der Waals surface area contributed by atoms with Crippen molar-refractivity contribution >= 4 is 10.0 Å². The van der Waals surface area contributed by atoms with Crippen LogP contribution in [0.1, 0.15) is 12.0 Å². The first-order valence-corrected chi connectivity index (χ1v) is 6.74. The van der Waals surface area contributed by atoms with Gasteiger partial charge >= 0.3 is 0 Å². The zero-order valence-electron chi connectivity index (χ0n) is 9.14. The molecule has 1 aromatic carbocycles. The first-order valence-electron chi connectivity index (χ1n) is 5.26. The molecule has 1 heterocycles. The van der Waals surface area contributed by atoms with Gasteiger partial charge in [0.15, 0.2) is 0 Å². The average molecular weight is 241 g/mol. The molecular weight excluding hydrogens is 226 g/mol. The van der Waals surface area contributed by atoms with Crippen molar-refractivity contribution in [3.8, 4) is 0 Å². The van der Waals surface area contributed by atoms with Crippen LogP contribution in [0.15, 0.2) is 29.2 Å². The molecule has 0 saturated carbocycles. The SMILES string of the molecule is Cc1ccc(S(=O)(=O)NCC[C@H]2CO2)cc1. The van der Waals surface area contributed by atoms with Gasteiger partial charge in [-0.05, 0) is 25.5 Å². The van der Waals surface area contributed by atoms with E-state index in [1.807, 2.05) is 6.92 Å². The van der Waals surface area contributed by atoms with Crippen molar-refractivity contribution < 1.29 is 13.2 Å². The highest BCUT2D eigenvalue weighted by atomic mass is 32.2. The minimum atomic E-state index is -3.35. The van der Waals surface area contributed by atoms with Crippen molar-refractivity contribution in [1.29, 1.82) is 0 Å². The molecule has 88 valence electrons. The van der Waals surface area contributed by atoms with E-state index in [-0.39, 0.29) is 6.10 Å². The van der Waals surface area contributed by atoms with Gasteiger partial charge in [-0.1, -0.05) is 17.7 Å². The first-order chi connectivity index (χ1) is 7.58. The molecule has 0 spiro atoms. The fourth-order valence-electron chi connectivity index (χ4n) is 1.39. The highest BCUT2D eigenvalue weighted by Gasteiger charge is 2.22. The number of benzene rings is 1. The maximum absolute atomic E-state index is 11.8. The van der Waals surface area contributed by atoms with Crippen LogP contribution in [0.3, 0.4) is 0 Å². The third-order valence-corrected chi connectivity index (χ3v) is 3.97. The van der Waals surface area contributed by atoms with Crippen molar-refractivity contribution in [1.82, 2.24) is 4.72 Å². The summed E-state index contributed by atoms with van der Waals surface area (Å²) in [5.74, 6) is 0. The second-order valence-corrected chi connectivity index (χ2v) is 5.72.